The minimum absolute atomic E-state index is 0.179. The maximum absolute atomic E-state index is 13.9. The number of halogens is 1. The predicted octanol–water partition coefficient (Wildman–Crippen LogP) is 4.12. The molecule has 0 saturated heterocycles. The topological polar surface area (TPSA) is 108 Å². The van der Waals surface area contributed by atoms with E-state index in [9.17, 15) is 14.0 Å². The van der Waals surface area contributed by atoms with E-state index in [1.807, 2.05) is 25.4 Å². The van der Waals surface area contributed by atoms with E-state index >= 15 is 0 Å². The third-order valence-corrected chi connectivity index (χ3v) is 6.36. The number of nitrogens with one attached hydrogen (secondary N) is 2. The van der Waals surface area contributed by atoms with Crippen LogP contribution in [0.2, 0.25) is 0 Å². The zero-order chi connectivity index (χ0) is 24.7. The van der Waals surface area contributed by atoms with Crippen LogP contribution < -0.4 is 16.3 Å². The number of methoxy groups -OCH3 is 1. The summed E-state index contributed by atoms with van der Waals surface area (Å²) in [5, 5.41) is 10.2. The van der Waals surface area contributed by atoms with Crippen LogP contribution >= 0.6 is 0 Å². The van der Waals surface area contributed by atoms with Crippen molar-refractivity contribution >= 4 is 34.3 Å². The fourth-order valence-electron chi connectivity index (χ4n) is 4.64. The van der Waals surface area contributed by atoms with Gasteiger partial charge in [0.15, 0.2) is 0 Å². The van der Waals surface area contributed by atoms with Crippen molar-refractivity contribution in [2.24, 2.45) is 14.1 Å². The molecule has 10 nitrogen and oxygen atoms in total. The van der Waals surface area contributed by atoms with Crippen LogP contribution in [0.4, 0.5) is 26.4 Å². The van der Waals surface area contributed by atoms with Crippen LogP contribution in [-0.4, -0.2) is 43.3 Å². The lowest BCUT2D eigenvalue weighted by Crippen LogP contribution is -2.25. The zero-order valence-corrected chi connectivity index (χ0v) is 19.7. The van der Waals surface area contributed by atoms with E-state index in [1.165, 1.54) is 7.11 Å². The van der Waals surface area contributed by atoms with E-state index in [2.05, 4.69) is 20.7 Å². The molecule has 2 atom stereocenters. The first-order valence-corrected chi connectivity index (χ1v) is 11.3. The Balaban J connectivity index is 1.54. The minimum atomic E-state index is -0.891. The van der Waals surface area contributed by atoms with Gasteiger partial charge in [0.2, 0.25) is 0 Å². The molecule has 0 unspecified atom stereocenters. The maximum Gasteiger partial charge on any atom is 0.411 e. The Morgan fingerprint density at radius 2 is 1.89 bits per heavy atom. The second-order valence-electron chi connectivity index (χ2n) is 8.78. The normalized spacial score (nSPS) is 17.6. The molecule has 1 aromatic carbocycles. The van der Waals surface area contributed by atoms with Gasteiger partial charge in [-0.2, -0.15) is 5.10 Å². The van der Waals surface area contributed by atoms with Gasteiger partial charge >= 0.3 is 11.8 Å². The fraction of sp³-hybridized carbons (Fsp3) is 0.333. The number of carbonyl (C=O) groups is 1. The maximum atomic E-state index is 13.9. The summed E-state index contributed by atoms with van der Waals surface area (Å²) < 4.78 is 23.6. The van der Waals surface area contributed by atoms with Crippen molar-refractivity contribution < 1.29 is 13.9 Å². The summed E-state index contributed by atoms with van der Waals surface area (Å²) in [4.78, 5) is 29.2. The molecule has 3 aromatic heterocycles. The number of pyridine rings is 1. The van der Waals surface area contributed by atoms with Crippen LogP contribution in [0.3, 0.4) is 0 Å². The van der Waals surface area contributed by atoms with E-state index in [4.69, 9.17) is 4.74 Å². The van der Waals surface area contributed by atoms with Crippen molar-refractivity contribution in [1.82, 2.24) is 23.9 Å². The lowest BCUT2D eigenvalue weighted by atomic mass is 10.1. The summed E-state index contributed by atoms with van der Waals surface area (Å²) >= 11 is 0. The average molecular weight is 480 g/mol. The van der Waals surface area contributed by atoms with Crippen LogP contribution in [0.15, 0.2) is 47.7 Å². The summed E-state index contributed by atoms with van der Waals surface area (Å²) in [6, 6.07) is 7.10. The summed E-state index contributed by atoms with van der Waals surface area (Å²) in [6.45, 7) is 0. The molecule has 1 fully saturated rings. The Kier molecular flexibility index (Phi) is 5.75. The number of rotatable bonds is 5. The van der Waals surface area contributed by atoms with Crippen molar-refractivity contribution in [3.05, 3.63) is 53.3 Å². The van der Waals surface area contributed by atoms with Crippen LogP contribution in [0.25, 0.3) is 22.2 Å². The van der Waals surface area contributed by atoms with Gasteiger partial charge in [0.25, 0.3) is 0 Å². The van der Waals surface area contributed by atoms with E-state index in [0.29, 0.717) is 47.5 Å². The van der Waals surface area contributed by atoms with Crippen molar-refractivity contribution in [3.63, 3.8) is 0 Å². The highest BCUT2D eigenvalue weighted by atomic mass is 19.1. The highest BCUT2D eigenvalue weighted by molar-refractivity contribution is 5.88. The van der Waals surface area contributed by atoms with Crippen molar-refractivity contribution in [2.75, 3.05) is 17.7 Å². The number of ether oxygens (including phenoxy) is 1. The lowest BCUT2D eigenvalue weighted by Gasteiger charge is -2.13. The van der Waals surface area contributed by atoms with Crippen molar-refractivity contribution in [2.45, 2.75) is 31.5 Å². The number of hydrogen-bond acceptors (Lipinski definition) is 6. The molecule has 35 heavy (non-hydrogen) atoms. The Hall–Kier alpha value is -4.15. The first-order valence-electron chi connectivity index (χ1n) is 11.3. The molecule has 1 aliphatic carbocycles. The largest absolute Gasteiger partial charge is 0.453 e. The molecule has 0 bridgehead atoms. The molecule has 0 radical (unpaired) electrons. The van der Waals surface area contributed by atoms with Gasteiger partial charge in [0.1, 0.15) is 12.0 Å². The number of nitrogens with zero attached hydrogens (tertiary/aromatic N) is 5. The molecule has 0 spiro atoms. The first-order chi connectivity index (χ1) is 16.8. The van der Waals surface area contributed by atoms with Crippen LogP contribution in [0, 0.1) is 0 Å². The van der Waals surface area contributed by atoms with E-state index < -0.39 is 12.3 Å². The Labute approximate surface area is 200 Å². The van der Waals surface area contributed by atoms with Gasteiger partial charge in [-0.05, 0) is 43.0 Å². The molecule has 1 aliphatic rings. The quantitative estimate of drug-likeness (QED) is 0.446. The van der Waals surface area contributed by atoms with Crippen molar-refractivity contribution in [1.29, 1.82) is 0 Å². The third-order valence-electron chi connectivity index (χ3n) is 6.36. The minimum Gasteiger partial charge on any atom is -0.453 e. The molecule has 4 aromatic rings. The molecule has 0 aliphatic heterocycles. The SMILES string of the molecule is COC(=O)Nc1cc(Nc2cc3c(cn2)n(C)c(=O)n3[C@@H]2CC[C@H](F)C2)cc(-c2cnn(C)c2)c1. The van der Waals surface area contributed by atoms with Gasteiger partial charge in [0, 0.05) is 49.3 Å². The average Bonchev–Trinajstić information content (AvgIpc) is 3.52. The summed E-state index contributed by atoms with van der Waals surface area (Å²) in [7, 11) is 4.82. The van der Waals surface area contributed by atoms with Gasteiger partial charge in [0.05, 0.1) is 30.5 Å². The standard InChI is InChI=1S/C24H26FN7O3/c1-30-13-15(11-27-30)14-6-17(9-18(7-14)29-23(33)35-3)28-22-10-20-21(12-26-22)31(2)24(34)32(20)19-5-4-16(25)8-19/h6-7,9-13,16,19H,4-5,8H2,1-3H3,(H,26,28)(H,29,33)/t16-,19+/m0/s1. The van der Waals surface area contributed by atoms with E-state index in [-0.39, 0.29) is 11.7 Å². The molecule has 2 N–H and O–H groups in total. The third kappa shape index (κ3) is 4.36. The van der Waals surface area contributed by atoms with Gasteiger partial charge in [-0.1, -0.05) is 0 Å². The molecule has 182 valence electrons. The molecule has 1 amide bonds. The Morgan fingerprint density at radius 3 is 2.57 bits per heavy atom. The van der Waals surface area contributed by atoms with E-state index in [1.54, 1.807) is 45.4 Å². The van der Waals surface area contributed by atoms with Crippen molar-refractivity contribution in [3.8, 4) is 11.1 Å². The summed E-state index contributed by atoms with van der Waals surface area (Å²) in [5.74, 6) is 0.513. The molecular formula is C24H26FN7O3. The molecular weight excluding hydrogens is 453 g/mol. The number of fused-ring (bicyclic) bond motifs is 1. The molecule has 5 rings (SSSR count). The number of hydrogen-bond donors (Lipinski definition) is 2. The summed E-state index contributed by atoms with van der Waals surface area (Å²) in [6.07, 6.45) is 5.17. The predicted molar refractivity (Wildman–Crippen MR) is 131 cm³/mol. The highest BCUT2D eigenvalue weighted by Crippen LogP contribution is 2.34. The summed E-state index contributed by atoms with van der Waals surface area (Å²) in [5.41, 5.74) is 4.09. The second kappa shape index (κ2) is 8.90. The number of anilines is 3. The zero-order valence-electron chi connectivity index (χ0n) is 19.7. The fourth-order valence-corrected chi connectivity index (χ4v) is 4.64. The van der Waals surface area contributed by atoms with Gasteiger partial charge in [-0.3, -0.25) is 19.1 Å². The second-order valence-corrected chi connectivity index (χ2v) is 8.78. The lowest BCUT2D eigenvalue weighted by molar-refractivity contribution is 0.187. The van der Waals surface area contributed by atoms with Gasteiger partial charge in [-0.15, -0.1) is 0 Å². The van der Waals surface area contributed by atoms with Crippen LogP contribution in [0.1, 0.15) is 25.3 Å². The number of carbonyl (C=O) groups excluding carboxylic acids is 1. The first kappa shape index (κ1) is 22.6. The Morgan fingerprint density at radius 1 is 1.09 bits per heavy atom. The van der Waals surface area contributed by atoms with Gasteiger partial charge in [-0.25, -0.2) is 19.0 Å². The number of amides is 1. The number of aryl methyl sites for hydroxylation is 2. The number of benzene rings is 1. The van der Waals surface area contributed by atoms with Crippen LogP contribution in [-0.2, 0) is 18.8 Å². The number of aromatic nitrogens is 5. The molecule has 3 heterocycles. The van der Waals surface area contributed by atoms with E-state index in [0.717, 1.165) is 11.1 Å². The highest BCUT2D eigenvalue weighted by Gasteiger charge is 2.29. The monoisotopic (exact) mass is 479 g/mol. The molecule has 11 heteroatoms. The number of alkyl halides is 1. The van der Waals surface area contributed by atoms with Gasteiger partial charge < -0.3 is 10.1 Å². The van der Waals surface area contributed by atoms with Crippen LogP contribution in [0.5, 0.6) is 0 Å². The Bertz CT molecular complexity index is 1470. The molecule has 1 saturated carbocycles. The smallest absolute Gasteiger partial charge is 0.411 e. The number of imidazole rings is 1.